The van der Waals surface area contributed by atoms with Crippen LogP contribution in [0.25, 0.3) is 17.0 Å². The molecule has 0 saturated carbocycles. The van der Waals surface area contributed by atoms with E-state index in [0.29, 0.717) is 10.8 Å². The fraction of sp³-hybridized carbons (Fsp3) is 0.455. The number of benzene rings is 1. The summed E-state index contributed by atoms with van der Waals surface area (Å²) in [6, 6.07) is 9.36. The van der Waals surface area contributed by atoms with Crippen molar-refractivity contribution < 1.29 is 0 Å². The van der Waals surface area contributed by atoms with Crippen molar-refractivity contribution in [3.63, 3.8) is 0 Å². The largest absolute Gasteiger partial charge is 0.355 e. The number of aryl methyl sites for hydroxylation is 1. The molecule has 0 spiro atoms. The van der Waals surface area contributed by atoms with Gasteiger partial charge in [-0.15, -0.1) is 0 Å². The first kappa shape index (κ1) is 20.0. The Bertz CT molecular complexity index is 1030. The molecule has 29 heavy (non-hydrogen) atoms. The van der Waals surface area contributed by atoms with E-state index >= 15 is 0 Å². The number of nitrogens with zero attached hydrogens (tertiary/aromatic N) is 5. The summed E-state index contributed by atoms with van der Waals surface area (Å²) < 4.78 is 3.90. The fourth-order valence-electron chi connectivity index (χ4n) is 3.88. The van der Waals surface area contributed by atoms with Gasteiger partial charge >= 0.3 is 0 Å². The highest BCUT2D eigenvalue weighted by molar-refractivity contribution is 6.30. The van der Waals surface area contributed by atoms with Crippen LogP contribution in [0.3, 0.4) is 0 Å². The van der Waals surface area contributed by atoms with Gasteiger partial charge in [0.1, 0.15) is 5.82 Å². The molecule has 0 aliphatic carbocycles. The Labute approximate surface area is 176 Å². The SMILES string of the molecule is CCCCCn1c(N2CCN(C)CC2)cc(=O)n2cc(-c3ccc(Cl)cc3)nc12. The third-order valence-corrected chi connectivity index (χ3v) is 5.90. The summed E-state index contributed by atoms with van der Waals surface area (Å²) >= 11 is 6.03. The van der Waals surface area contributed by atoms with Gasteiger partial charge in [-0.2, -0.15) is 0 Å². The number of fused-ring (bicyclic) bond motifs is 1. The highest BCUT2D eigenvalue weighted by atomic mass is 35.5. The summed E-state index contributed by atoms with van der Waals surface area (Å²) in [5.41, 5.74) is 1.71. The number of hydrogen-bond donors (Lipinski definition) is 0. The van der Waals surface area contributed by atoms with E-state index in [-0.39, 0.29) is 5.56 Å². The van der Waals surface area contributed by atoms with E-state index in [1.807, 2.05) is 30.5 Å². The third kappa shape index (κ3) is 4.19. The molecule has 0 radical (unpaired) electrons. The summed E-state index contributed by atoms with van der Waals surface area (Å²) in [4.78, 5) is 22.5. The van der Waals surface area contributed by atoms with Crippen LogP contribution in [0.5, 0.6) is 0 Å². The van der Waals surface area contributed by atoms with Crippen LogP contribution in [0.4, 0.5) is 5.82 Å². The maximum absolute atomic E-state index is 12.9. The molecule has 0 bridgehead atoms. The quantitative estimate of drug-likeness (QED) is 0.577. The van der Waals surface area contributed by atoms with Crippen molar-refractivity contribution in [2.75, 3.05) is 38.1 Å². The van der Waals surface area contributed by atoms with Crippen LogP contribution in [-0.4, -0.2) is 52.1 Å². The summed E-state index contributed by atoms with van der Waals surface area (Å²) in [6.45, 7) is 6.90. The van der Waals surface area contributed by atoms with E-state index in [2.05, 4.69) is 28.3 Å². The van der Waals surface area contributed by atoms with Crippen LogP contribution in [0.2, 0.25) is 5.02 Å². The number of anilines is 1. The zero-order chi connectivity index (χ0) is 20.4. The molecule has 1 aliphatic heterocycles. The number of rotatable bonds is 6. The van der Waals surface area contributed by atoms with Gasteiger partial charge in [-0.25, -0.2) is 4.98 Å². The van der Waals surface area contributed by atoms with E-state index < -0.39 is 0 Å². The number of piperazine rings is 1. The second kappa shape index (κ2) is 8.59. The summed E-state index contributed by atoms with van der Waals surface area (Å²) in [6.07, 6.45) is 5.22. The average molecular weight is 414 g/mol. The number of hydrogen-bond acceptors (Lipinski definition) is 4. The summed E-state index contributed by atoms with van der Waals surface area (Å²) in [5, 5.41) is 0.689. The Morgan fingerprint density at radius 1 is 1.07 bits per heavy atom. The minimum absolute atomic E-state index is 0.0339. The molecule has 3 aromatic rings. The Morgan fingerprint density at radius 2 is 1.79 bits per heavy atom. The Morgan fingerprint density at radius 3 is 2.48 bits per heavy atom. The Hall–Kier alpha value is -2.31. The second-order valence-corrected chi connectivity index (χ2v) is 8.23. The molecule has 154 valence electrons. The number of likely N-dealkylation sites (N-methyl/N-ethyl adjacent to an activating group) is 1. The van der Waals surface area contributed by atoms with Crippen LogP contribution in [-0.2, 0) is 6.54 Å². The maximum atomic E-state index is 12.9. The maximum Gasteiger partial charge on any atom is 0.261 e. The molecule has 2 aromatic heterocycles. The van der Waals surface area contributed by atoms with Gasteiger partial charge in [-0.05, 0) is 25.6 Å². The van der Waals surface area contributed by atoms with Gasteiger partial charge in [0.25, 0.3) is 5.56 Å². The molecule has 0 unspecified atom stereocenters. The smallest absolute Gasteiger partial charge is 0.261 e. The number of aromatic nitrogens is 3. The van der Waals surface area contributed by atoms with Crippen molar-refractivity contribution in [2.24, 2.45) is 0 Å². The van der Waals surface area contributed by atoms with Crippen molar-refractivity contribution in [1.82, 2.24) is 18.9 Å². The molecule has 1 aliphatic rings. The van der Waals surface area contributed by atoms with Gasteiger partial charge in [-0.1, -0.05) is 43.5 Å². The molecule has 3 heterocycles. The summed E-state index contributed by atoms with van der Waals surface area (Å²) in [5.74, 6) is 1.70. The van der Waals surface area contributed by atoms with Gasteiger partial charge in [0.2, 0.25) is 5.78 Å². The van der Waals surface area contributed by atoms with Gasteiger partial charge < -0.3 is 9.80 Å². The summed E-state index contributed by atoms with van der Waals surface area (Å²) in [7, 11) is 2.14. The average Bonchev–Trinajstić information content (AvgIpc) is 3.17. The molecule has 1 saturated heterocycles. The molecule has 7 heteroatoms. The molecule has 1 fully saturated rings. The number of unbranched alkanes of at least 4 members (excludes halogenated alkanes) is 2. The first-order chi connectivity index (χ1) is 14.1. The zero-order valence-electron chi connectivity index (χ0n) is 17.1. The lowest BCUT2D eigenvalue weighted by Gasteiger charge is -2.35. The van der Waals surface area contributed by atoms with Gasteiger partial charge in [0.15, 0.2) is 0 Å². The van der Waals surface area contributed by atoms with Crippen LogP contribution in [0.15, 0.2) is 41.3 Å². The molecule has 0 atom stereocenters. The van der Waals surface area contributed by atoms with Gasteiger partial charge in [-0.3, -0.25) is 13.8 Å². The predicted octanol–water partition coefficient (Wildman–Crippen LogP) is 3.76. The topological polar surface area (TPSA) is 45.8 Å². The van der Waals surface area contributed by atoms with Crippen molar-refractivity contribution in [3.8, 4) is 11.3 Å². The molecule has 4 rings (SSSR count). The van der Waals surface area contributed by atoms with Gasteiger partial charge in [0.05, 0.1) is 5.69 Å². The van der Waals surface area contributed by atoms with Crippen LogP contribution >= 0.6 is 11.6 Å². The monoisotopic (exact) mass is 413 g/mol. The molecule has 1 aromatic carbocycles. The molecular formula is C22H28ClN5O. The highest BCUT2D eigenvalue weighted by Gasteiger charge is 2.20. The van der Waals surface area contributed by atoms with E-state index in [9.17, 15) is 4.79 Å². The van der Waals surface area contributed by atoms with Crippen molar-refractivity contribution >= 4 is 23.2 Å². The van der Waals surface area contributed by atoms with E-state index in [1.165, 1.54) is 0 Å². The molecule has 0 N–H and O–H groups in total. The lowest BCUT2D eigenvalue weighted by atomic mass is 10.2. The van der Waals surface area contributed by atoms with Gasteiger partial charge in [0, 0.05) is 55.6 Å². The molecule has 6 nitrogen and oxygen atoms in total. The minimum atomic E-state index is -0.0339. The first-order valence-corrected chi connectivity index (χ1v) is 10.8. The van der Waals surface area contributed by atoms with Crippen LogP contribution < -0.4 is 10.5 Å². The Kier molecular flexibility index (Phi) is 5.92. The standard InChI is InChI=1S/C22H28ClN5O/c1-3-4-5-10-27-20(26-13-11-25(2)12-14-26)15-21(29)28-16-19(24-22(27)28)17-6-8-18(23)9-7-17/h6-9,15-16H,3-5,10-14H2,1-2H3. The van der Waals surface area contributed by atoms with Crippen LogP contribution in [0, 0.1) is 0 Å². The number of imidazole rings is 1. The lowest BCUT2D eigenvalue weighted by Crippen LogP contribution is -2.46. The molecule has 0 amide bonds. The van der Waals surface area contributed by atoms with Crippen LogP contribution in [0.1, 0.15) is 26.2 Å². The first-order valence-electron chi connectivity index (χ1n) is 10.4. The zero-order valence-corrected chi connectivity index (χ0v) is 17.9. The fourth-order valence-corrected chi connectivity index (χ4v) is 4.00. The third-order valence-electron chi connectivity index (χ3n) is 5.65. The van der Waals surface area contributed by atoms with E-state index in [4.69, 9.17) is 16.6 Å². The normalized spacial score (nSPS) is 15.3. The Balaban J connectivity index is 1.80. The molecular weight excluding hydrogens is 386 g/mol. The predicted molar refractivity (Wildman–Crippen MR) is 119 cm³/mol. The lowest BCUT2D eigenvalue weighted by molar-refractivity contribution is 0.310. The second-order valence-electron chi connectivity index (χ2n) is 7.79. The van der Waals surface area contributed by atoms with Crippen molar-refractivity contribution in [1.29, 1.82) is 0 Å². The van der Waals surface area contributed by atoms with Crippen molar-refractivity contribution in [2.45, 2.75) is 32.7 Å². The van der Waals surface area contributed by atoms with E-state index in [0.717, 1.165) is 69.1 Å². The highest BCUT2D eigenvalue weighted by Crippen LogP contribution is 2.24. The van der Waals surface area contributed by atoms with E-state index in [1.54, 1.807) is 10.5 Å². The number of halogens is 1. The minimum Gasteiger partial charge on any atom is -0.355 e. The van der Waals surface area contributed by atoms with Crippen molar-refractivity contribution in [3.05, 3.63) is 51.9 Å².